The van der Waals surface area contributed by atoms with Gasteiger partial charge in [-0.05, 0) is 20.8 Å². The first kappa shape index (κ1) is 21.6. The average molecular weight is 399 g/mol. The van der Waals surface area contributed by atoms with Crippen LogP contribution in [0.15, 0.2) is 4.99 Å². The standard InChI is InChI=1S/C18H30N4O4S/c1-6-26-16(23)14-12(2)21-15(27-14)13(3)22-17(19-4)20-11-18(24-5)7-9-25-10-8-18/h13H,6-11H2,1-5H3,(H2,19,20,22). The van der Waals surface area contributed by atoms with E-state index in [2.05, 4.69) is 20.6 Å². The molecule has 8 nitrogen and oxygen atoms in total. The third-order valence-electron chi connectivity index (χ3n) is 4.64. The van der Waals surface area contributed by atoms with Crippen molar-refractivity contribution in [3.8, 4) is 0 Å². The lowest BCUT2D eigenvalue weighted by molar-refractivity contribution is -0.0855. The maximum absolute atomic E-state index is 12.0. The van der Waals surface area contributed by atoms with Crippen LogP contribution in [0.3, 0.4) is 0 Å². The topological polar surface area (TPSA) is 94.1 Å². The van der Waals surface area contributed by atoms with Gasteiger partial charge in [0, 0.05) is 46.8 Å². The van der Waals surface area contributed by atoms with Crippen LogP contribution in [0, 0.1) is 6.92 Å². The van der Waals surface area contributed by atoms with E-state index in [0.717, 1.165) is 17.8 Å². The monoisotopic (exact) mass is 398 g/mol. The molecule has 2 N–H and O–H groups in total. The number of carbonyl (C=O) groups excluding carboxylic acids is 1. The van der Waals surface area contributed by atoms with Crippen molar-refractivity contribution in [1.82, 2.24) is 15.6 Å². The highest BCUT2D eigenvalue weighted by molar-refractivity contribution is 7.13. The lowest BCUT2D eigenvalue weighted by Crippen LogP contribution is -2.51. The van der Waals surface area contributed by atoms with Crippen LogP contribution < -0.4 is 10.6 Å². The van der Waals surface area contributed by atoms with Crippen molar-refractivity contribution in [3.05, 3.63) is 15.6 Å². The van der Waals surface area contributed by atoms with Crippen molar-refractivity contribution in [3.63, 3.8) is 0 Å². The predicted molar refractivity (Wildman–Crippen MR) is 106 cm³/mol. The van der Waals surface area contributed by atoms with Crippen molar-refractivity contribution in [2.75, 3.05) is 40.5 Å². The predicted octanol–water partition coefficient (Wildman–Crippen LogP) is 2.05. The van der Waals surface area contributed by atoms with Crippen molar-refractivity contribution in [1.29, 1.82) is 0 Å². The van der Waals surface area contributed by atoms with Crippen molar-refractivity contribution < 1.29 is 19.0 Å². The minimum Gasteiger partial charge on any atom is -0.462 e. The molecule has 1 aromatic rings. The number of hydrogen-bond acceptors (Lipinski definition) is 7. The number of thiazole rings is 1. The lowest BCUT2D eigenvalue weighted by Gasteiger charge is -2.36. The summed E-state index contributed by atoms with van der Waals surface area (Å²) in [6, 6.07) is -0.101. The zero-order chi connectivity index (χ0) is 19.9. The molecule has 1 aliphatic heterocycles. The molecule has 152 valence electrons. The number of hydrogen-bond donors (Lipinski definition) is 2. The van der Waals surface area contributed by atoms with E-state index in [1.54, 1.807) is 21.1 Å². The summed E-state index contributed by atoms with van der Waals surface area (Å²) in [5, 5.41) is 7.47. The van der Waals surface area contributed by atoms with Gasteiger partial charge in [0.25, 0.3) is 0 Å². The van der Waals surface area contributed by atoms with E-state index in [9.17, 15) is 4.79 Å². The Morgan fingerprint density at radius 3 is 2.74 bits per heavy atom. The molecule has 1 aromatic heterocycles. The molecule has 0 amide bonds. The SMILES string of the molecule is CCOC(=O)c1sc(C(C)NC(=NC)NCC2(OC)CCOCC2)nc1C. The van der Waals surface area contributed by atoms with Gasteiger partial charge in [-0.25, -0.2) is 9.78 Å². The minimum atomic E-state index is -0.324. The molecule has 0 bridgehead atoms. The summed E-state index contributed by atoms with van der Waals surface area (Å²) < 4.78 is 16.3. The Bertz CT molecular complexity index is 656. The molecule has 0 radical (unpaired) electrons. The highest BCUT2D eigenvalue weighted by Gasteiger charge is 2.32. The number of guanidine groups is 1. The van der Waals surface area contributed by atoms with Gasteiger partial charge < -0.3 is 24.8 Å². The molecular formula is C18H30N4O4S. The fourth-order valence-electron chi connectivity index (χ4n) is 2.89. The van der Waals surface area contributed by atoms with E-state index in [-0.39, 0.29) is 17.6 Å². The summed E-state index contributed by atoms with van der Waals surface area (Å²) in [4.78, 5) is 21.3. The molecule has 1 unspecified atom stereocenters. The maximum atomic E-state index is 12.0. The number of nitrogens with zero attached hydrogens (tertiary/aromatic N) is 2. The van der Waals surface area contributed by atoms with Gasteiger partial charge in [-0.3, -0.25) is 4.99 Å². The van der Waals surface area contributed by atoms with Crippen LogP contribution in [0.1, 0.15) is 53.1 Å². The lowest BCUT2D eigenvalue weighted by atomic mass is 9.94. The van der Waals surface area contributed by atoms with E-state index in [1.165, 1.54) is 11.3 Å². The van der Waals surface area contributed by atoms with Gasteiger partial charge in [0.15, 0.2) is 5.96 Å². The van der Waals surface area contributed by atoms with Gasteiger partial charge in [0.05, 0.1) is 23.9 Å². The molecule has 2 heterocycles. The average Bonchev–Trinajstić information content (AvgIpc) is 3.08. The fourth-order valence-corrected chi connectivity index (χ4v) is 3.85. The highest BCUT2D eigenvalue weighted by atomic mass is 32.1. The van der Waals surface area contributed by atoms with E-state index < -0.39 is 0 Å². The normalized spacial score (nSPS) is 18.0. The van der Waals surface area contributed by atoms with Crippen LogP contribution in [0.25, 0.3) is 0 Å². The number of ether oxygens (including phenoxy) is 3. The molecule has 9 heteroatoms. The number of aliphatic imine (C=N–C) groups is 1. The second kappa shape index (κ2) is 10.0. The molecule has 0 aliphatic carbocycles. The molecular weight excluding hydrogens is 368 g/mol. The first-order valence-corrected chi connectivity index (χ1v) is 10.0. The van der Waals surface area contributed by atoms with Crippen LogP contribution in [0.4, 0.5) is 0 Å². The molecule has 1 aliphatic rings. The summed E-state index contributed by atoms with van der Waals surface area (Å²) in [5.41, 5.74) is 0.444. The largest absolute Gasteiger partial charge is 0.462 e. The summed E-state index contributed by atoms with van der Waals surface area (Å²) in [6.45, 7) is 7.99. The maximum Gasteiger partial charge on any atom is 0.350 e. The Morgan fingerprint density at radius 2 is 2.15 bits per heavy atom. The van der Waals surface area contributed by atoms with Crippen molar-refractivity contribution >= 4 is 23.3 Å². The molecule has 0 saturated carbocycles. The molecule has 0 spiro atoms. The molecule has 27 heavy (non-hydrogen) atoms. The molecule has 2 rings (SSSR count). The number of aromatic nitrogens is 1. The zero-order valence-electron chi connectivity index (χ0n) is 16.8. The summed E-state index contributed by atoms with van der Waals surface area (Å²) in [5.74, 6) is 0.339. The summed E-state index contributed by atoms with van der Waals surface area (Å²) >= 11 is 1.35. The molecule has 1 fully saturated rings. The van der Waals surface area contributed by atoms with E-state index in [1.807, 2.05) is 13.8 Å². The van der Waals surface area contributed by atoms with E-state index in [4.69, 9.17) is 14.2 Å². The second-order valence-electron chi connectivity index (χ2n) is 6.48. The third kappa shape index (κ3) is 5.63. The van der Waals surface area contributed by atoms with E-state index >= 15 is 0 Å². The van der Waals surface area contributed by atoms with Gasteiger partial charge in [-0.15, -0.1) is 11.3 Å². The second-order valence-corrected chi connectivity index (χ2v) is 7.51. The number of carbonyl (C=O) groups is 1. The number of aryl methyl sites for hydroxylation is 1. The van der Waals surface area contributed by atoms with Crippen molar-refractivity contribution in [2.45, 2.75) is 45.3 Å². The van der Waals surface area contributed by atoms with Gasteiger partial charge in [-0.1, -0.05) is 0 Å². The first-order valence-electron chi connectivity index (χ1n) is 9.19. The Morgan fingerprint density at radius 1 is 1.44 bits per heavy atom. The van der Waals surface area contributed by atoms with Gasteiger partial charge in [-0.2, -0.15) is 0 Å². The van der Waals surface area contributed by atoms with Gasteiger partial charge in [0.1, 0.15) is 9.88 Å². The summed E-state index contributed by atoms with van der Waals surface area (Å²) in [6.07, 6.45) is 1.69. The van der Waals surface area contributed by atoms with Crippen LogP contribution in [0.5, 0.6) is 0 Å². The van der Waals surface area contributed by atoms with Gasteiger partial charge >= 0.3 is 5.97 Å². The zero-order valence-corrected chi connectivity index (χ0v) is 17.6. The fraction of sp³-hybridized carbons (Fsp3) is 0.722. The first-order chi connectivity index (χ1) is 12.9. The smallest absolute Gasteiger partial charge is 0.350 e. The Balaban J connectivity index is 1.97. The van der Waals surface area contributed by atoms with Crippen LogP contribution in [0.2, 0.25) is 0 Å². The molecule has 0 aromatic carbocycles. The van der Waals surface area contributed by atoms with Crippen LogP contribution in [-0.2, 0) is 14.2 Å². The Labute approximate surface area is 164 Å². The van der Waals surface area contributed by atoms with Crippen LogP contribution >= 0.6 is 11.3 Å². The van der Waals surface area contributed by atoms with Crippen molar-refractivity contribution in [2.24, 2.45) is 4.99 Å². The van der Waals surface area contributed by atoms with E-state index in [0.29, 0.717) is 42.9 Å². The number of methoxy groups -OCH3 is 1. The number of nitrogens with one attached hydrogen (secondary N) is 2. The Hall–Kier alpha value is -1.71. The van der Waals surface area contributed by atoms with Gasteiger partial charge in [0.2, 0.25) is 0 Å². The minimum absolute atomic E-state index is 0.101. The Kier molecular flexibility index (Phi) is 8.00. The molecule has 1 atom stereocenters. The third-order valence-corrected chi connectivity index (χ3v) is 5.96. The highest BCUT2D eigenvalue weighted by Crippen LogP contribution is 2.25. The van der Waals surface area contributed by atoms with Crippen LogP contribution in [-0.4, -0.2) is 63.0 Å². The number of esters is 1. The molecule has 1 saturated heterocycles. The quantitative estimate of drug-likeness (QED) is 0.412. The summed E-state index contributed by atoms with van der Waals surface area (Å²) in [7, 11) is 3.46. The number of rotatable bonds is 7.